The summed E-state index contributed by atoms with van der Waals surface area (Å²) in [5.41, 5.74) is 0.445. The second-order valence-electron chi connectivity index (χ2n) is 6.51. The molecule has 2 atom stereocenters. The molecule has 132 valence electrons. The first-order chi connectivity index (χ1) is 11.3. The molecule has 0 radical (unpaired) electrons. The summed E-state index contributed by atoms with van der Waals surface area (Å²) in [5, 5.41) is 12.4. The summed E-state index contributed by atoms with van der Waals surface area (Å²) in [6.07, 6.45) is 3.00. The van der Waals surface area contributed by atoms with E-state index in [4.69, 9.17) is 9.47 Å². The van der Waals surface area contributed by atoms with Gasteiger partial charge < -0.3 is 19.9 Å². The number of rotatable bonds is 5. The number of carbonyl (C=O) groups is 2. The zero-order valence-electron chi connectivity index (χ0n) is 14.6. The lowest BCUT2D eigenvalue weighted by atomic mass is 9.73. The van der Waals surface area contributed by atoms with E-state index in [2.05, 4.69) is 5.32 Å². The van der Waals surface area contributed by atoms with Crippen molar-refractivity contribution >= 4 is 11.9 Å². The van der Waals surface area contributed by atoms with Crippen molar-refractivity contribution in [1.29, 1.82) is 0 Å². The Morgan fingerprint density at radius 3 is 2.29 bits per heavy atom. The van der Waals surface area contributed by atoms with Gasteiger partial charge in [0.25, 0.3) is 5.91 Å². The second kappa shape index (κ2) is 7.11. The molecular weight excluding hydrogens is 310 g/mol. The Kier molecular flexibility index (Phi) is 5.36. The molecule has 2 rings (SSSR count). The molecule has 6 nitrogen and oxygen atoms in total. The number of methoxy groups -OCH3 is 2. The van der Waals surface area contributed by atoms with Crippen LogP contribution in [-0.4, -0.2) is 36.7 Å². The Bertz CT molecular complexity index is 617. The SMILES string of the molecule is COc1cc(C(=O)NC2(C)CCCCC2C(=O)O)cc(OC)c1C. The van der Waals surface area contributed by atoms with Gasteiger partial charge in [-0.05, 0) is 38.8 Å². The van der Waals surface area contributed by atoms with Gasteiger partial charge >= 0.3 is 5.97 Å². The molecule has 1 fully saturated rings. The van der Waals surface area contributed by atoms with Crippen LogP contribution in [0, 0.1) is 12.8 Å². The molecular formula is C18H25NO5. The third-order valence-electron chi connectivity index (χ3n) is 4.92. The van der Waals surface area contributed by atoms with Crippen molar-refractivity contribution < 1.29 is 24.2 Å². The van der Waals surface area contributed by atoms with Crippen molar-refractivity contribution in [1.82, 2.24) is 5.32 Å². The molecule has 1 aromatic carbocycles. The maximum atomic E-state index is 12.7. The van der Waals surface area contributed by atoms with Gasteiger partial charge in [-0.3, -0.25) is 9.59 Å². The molecule has 1 aliphatic carbocycles. The van der Waals surface area contributed by atoms with E-state index in [1.54, 1.807) is 12.1 Å². The van der Waals surface area contributed by atoms with Crippen LogP contribution in [0.15, 0.2) is 12.1 Å². The van der Waals surface area contributed by atoms with E-state index in [0.717, 1.165) is 18.4 Å². The lowest BCUT2D eigenvalue weighted by molar-refractivity contribution is -0.145. The maximum Gasteiger partial charge on any atom is 0.308 e. The highest BCUT2D eigenvalue weighted by atomic mass is 16.5. The Hall–Kier alpha value is -2.24. The van der Waals surface area contributed by atoms with Crippen LogP contribution in [0.4, 0.5) is 0 Å². The highest BCUT2D eigenvalue weighted by Crippen LogP contribution is 2.35. The van der Waals surface area contributed by atoms with Crippen LogP contribution in [0.5, 0.6) is 11.5 Å². The number of carboxylic acids is 1. The molecule has 0 aliphatic heterocycles. The van der Waals surface area contributed by atoms with E-state index in [9.17, 15) is 14.7 Å². The Labute approximate surface area is 142 Å². The topological polar surface area (TPSA) is 84.9 Å². The quantitative estimate of drug-likeness (QED) is 0.864. The smallest absolute Gasteiger partial charge is 0.308 e. The van der Waals surface area contributed by atoms with E-state index in [1.807, 2.05) is 13.8 Å². The van der Waals surface area contributed by atoms with Gasteiger partial charge in [0.05, 0.1) is 25.7 Å². The lowest BCUT2D eigenvalue weighted by Gasteiger charge is -2.39. The van der Waals surface area contributed by atoms with Crippen molar-refractivity contribution in [2.45, 2.75) is 45.1 Å². The summed E-state index contributed by atoms with van der Waals surface area (Å²) in [4.78, 5) is 24.3. The number of benzene rings is 1. The Balaban J connectivity index is 2.30. The predicted molar refractivity (Wildman–Crippen MR) is 89.7 cm³/mol. The predicted octanol–water partition coefficient (Wildman–Crippen LogP) is 2.78. The average Bonchev–Trinajstić information content (AvgIpc) is 2.54. The number of nitrogens with one attached hydrogen (secondary N) is 1. The summed E-state index contributed by atoms with van der Waals surface area (Å²) in [6.45, 7) is 3.66. The minimum Gasteiger partial charge on any atom is -0.496 e. The van der Waals surface area contributed by atoms with E-state index in [-0.39, 0.29) is 5.91 Å². The zero-order chi connectivity index (χ0) is 17.9. The highest BCUT2D eigenvalue weighted by Gasteiger charge is 2.42. The van der Waals surface area contributed by atoms with Gasteiger partial charge in [-0.2, -0.15) is 0 Å². The van der Waals surface area contributed by atoms with Gasteiger partial charge in [0.2, 0.25) is 0 Å². The molecule has 24 heavy (non-hydrogen) atoms. The molecule has 0 aromatic heterocycles. The van der Waals surface area contributed by atoms with E-state index in [1.165, 1.54) is 14.2 Å². The highest BCUT2D eigenvalue weighted by molar-refractivity contribution is 5.96. The van der Waals surface area contributed by atoms with Crippen molar-refractivity contribution in [2.24, 2.45) is 5.92 Å². The normalized spacial score (nSPS) is 23.4. The van der Waals surface area contributed by atoms with Crippen molar-refractivity contribution in [3.8, 4) is 11.5 Å². The van der Waals surface area contributed by atoms with Crippen LogP contribution >= 0.6 is 0 Å². The largest absolute Gasteiger partial charge is 0.496 e. The van der Waals surface area contributed by atoms with Crippen LogP contribution in [0.3, 0.4) is 0 Å². The van der Waals surface area contributed by atoms with E-state index >= 15 is 0 Å². The molecule has 1 amide bonds. The Morgan fingerprint density at radius 2 is 1.79 bits per heavy atom. The van der Waals surface area contributed by atoms with Gasteiger partial charge in [-0.15, -0.1) is 0 Å². The molecule has 0 spiro atoms. The molecule has 6 heteroatoms. The summed E-state index contributed by atoms with van der Waals surface area (Å²) in [5.74, 6) is -0.644. The summed E-state index contributed by atoms with van der Waals surface area (Å²) in [6, 6.07) is 3.30. The first kappa shape index (κ1) is 18.1. The van der Waals surface area contributed by atoms with E-state index in [0.29, 0.717) is 29.9 Å². The van der Waals surface area contributed by atoms with Gasteiger partial charge in [-0.1, -0.05) is 12.8 Å². The molecule has 2 N–H and O–H groups in total. The number of hydrogen-bond acceptors (Lipinski definition) is 4. The molecule has 0 saturated heterocycles. The standard InChI is InChI=1S/C18H25NO5/c1-11-14(23-3)9-12(10-15(11)24-4)16(20)19-18(2)8-6-5-7-13(18)17(21)22/h9-10,13H,5-8H2,1-4H3,(H,19,20)(H,21,22). The van der Waals surface area contributed by atoms with Crippen LogP contribution in [0.1, 0.15) is 48.5 Å². The molecule has 1 aliphatic rings. The Morgan fingerprint density at radius 1 is 1.21 bits per heavy atom. The van der Waals surface area contributed by atoms with Crippen LogP contribution in [0.25, 0.3) is 0 Å². The van der Waals surface area contributed by atoms with Gasteiger partial charge in [0.1, 0.15) is 11.5 Å². The third-order valence-corrected chi connectivity index (χ3v) is 4.92. The molecule has 0 bridgehead atoms. The first-order valence-electron chi connectivity index (χ1n) is 8.10. The van der Waals surface area contributed by atoms with Crippen LogP contribution in [0.2, 0.25) is 0 Å². The monoisotopic (exact) mass is 335 g/mol. The number of carboxylic acid groups (broad SMARTS) is 1. The fourth-order valence-electron chi connectivity index (χ4n) is 3.43. The van der Waals surface area contributed by atoms with Gasteiger partial charge in [0, 0.05) is 11.1 Å². The van der Waals surface area contributed by atoms with Gasteiger partial charge in [-0.25, -0.2) is 0 Å². The minimum atomic E-state index is -0.864. The molecule has 1 aromatic rings. The second-order valence-corrected chi connectivity index (χ2v) is 6.51. The molecule has 1 saturated carbocycles. The lowest BCUT2D eigenvalue weighted by Crippen LogP contribution is -2.55. The number of carbonyl (C=O) groups excluding carboxylic acids is 1. The fourth-order valence-corrected chi connectivity index (χ4v) is 3.43. The zero-order valence-corrected chi connectivity index (χ0v) is 14.6. The van der Waals surface area contributed by atoms with Crippen molar-refractivity contribution in [3.05, 3.63) is 23.3 Å². The summed E-state index contributed by atoms with van der Waals surface area (Å²) < 4.78 is 10.6. The average molecular weight is 335 g/mol. The summed E-state index contributed by atoms with van der Waals surface area (Å²) >= 11 is 0. The van der Waals surface area contributed by atoms with Crippen LogP contribution in [-0.2, 0) is 4.79 Å². The minimum absolute atomic E-state index is 0.317. The molecule has 0 heterocycles. The summed E-state index contributed by atoms with van der Waals surface area (Å²) in [7, 11) is 3.07. The molecule has 2 unspecified atom stereocenters. The maximum absolute atomic E-state index is 12.7. The van der Waals surface area contributed by atoms with Gasteiger partial charge in [0.15, 0.2) is 0 Å². The van der Waals surface area contributed by atoms with Crippen molar-refractivity contribution in [2.75, 3.05) is 14.2 Å². The van der Waals surface area contributed by atoms with Crippen molar-refractivity contribution in [3.63, 3.8) is 0 Å². The van der Waals surface area contributed by atoms with E-state index < -0.39 is 17.4 Å². The number of aliphatic carboxylic acids is 1. The van der Waals surface area contributed by atoms with Crippen LogP contribution < -0.4 is 14.8 Å². The number of hydrogen-bond donors (Lipinski definition) is 2. The fraction of sp³-hybridized carbons (Fsp3) is 0.556. The number of amides is 1. The number of ether oxygens (including phenoxy) is 2. The third kappa shape index (κ3) is 3.47. The first-order valence-corrected chi connectivity index (χ1v) is 8.10.